The van der Waals surface area contributed by atoms with Crippen LogP contribution in [0, 0.1) is 0 Å². The van der Waals surface area contributed by atoms with Crippen LogP contribution in [0.3, 0.4) is 0 Å². The number of carbonyl (C=O) groups excluding carboxylic acids is 2. The zero-order valence-electron chi connectivity index (χ0n) is 17.8. The van der Waals surface area contributed by atoms with Crippen LogP contribution >= 0.6 is 0 Å². The summed E-state index contributed by atoms with van der Waals surface area (Å²) in [6.07, 6.45) is 10.3. The van der Waals surface area contributed by atoms with Gasteiger partial charge in [-0.25, -0.2) is 4.98 Å². The van der Waals surface area contributed by atoms with E-state index in [1.165, 1.54) is 0 Å². The molecule has 6 rings (SSSR count). The maximum absolute atomic E-state index is 13.0. The number of fused-ring (bicyclic) bond motifs is 2. The van der Waals surface area contributed by atoms with Crippen LogP contribution in [0.15, 0.2) is 79.6 Å². The van der Waals surface area contributed by atoms with E-state index in [4.69, 9.17) is 0 Å². The Kier molecular flexibility index (Phi) is 4.47. The highest BCUT2D eigenvalue weighted by molar-refractivity contribution is 6.50. The Labute approximate surface area is 189 Å². The lowest BCUT2D eigenvalue weighted by atomic mass is 9.95. The molecule has 33 heavy (non-hydrogen) atoms. The van der Waals surface area contributed by atoms with Crippen molar-refractivity contribution >= 4 is 44.8 Å². The maximum Gasteiger partial charge on any atom is 0.259 e. The molecule has 5 aromatic rings. The van der Waals surface area contributed by atoms with Gasteiger partial charge >= 0.3 is 0 Å². The lowest BCUT2D eigenvalue weighted by Crippen LogP contribution is -2.22. The monoisotopic (exact) mass is 435 g/mol. The zero-order chi connectivity index (χ0) is 22.4. The van der Waals surface area contributed by atoms with Gasteiger partial charge in [0.1, 0.15) is 0 Å². The molecule has 162 valence electrons. The summed E-state index contributed by atoms with van der Waals surface area (Å²) in [5.41, 5.74) is 4.32. The first-order valence-electron chi connectivity index (χ1n) is 10.9. The van der Waals surface area contributed by atoms with Crippen LogP contribution in [-0.2, 0) is 22.7 Å². The van der Waals surface area contributed by atoms with Gasteiger partial charge in [-0.05, 0) is 18.6 Å². The van der Waals surface area contributed by atoms with Crippen LogP contribution in [0.1, 0.15) is 17.5 Å². The van der Waals surface area contributed by atoms with Gasteiger partial charge in [0.15, 0.2) is 0 Å². The Hall–Kier alpha value is -4.39. The minimum Gasteiger partial charge on any atom is -0.361 e. The van der Waals surface area contributed by atoms with Crippen LogP contribution in [-0.4, -0.2) is 30.9 Å². The average molecular weight is 435 g/mol. The minimum atomic E-state index is -0.364. The number of aromatic nitrogens is 4. The highest BCUT2D eigenvalue weighted by Crippen LogP contribution is 2.38. The van der Waals surface area contributed by atoms with Gasteiger partial charge in [0.2, 0.25) is 0 Å². The smallest absolute Gasteiger partial charge is 0.259 e. The Morgan fingerprint density at radius 1 is 0.848 bits per heavy atom. The van der Waals surface area contributed by atoms with Gasteiger partial charge in [-0.2, -0.15) is 0 Å². The van der Waals surface area contributed by atoms with E-state index in [2.05, 4.69) is 25.9 Å². The molecule has 0 fully saturated rings. The molecule has 0 bridgehead atoms. The van der Waals surface area contributed by atoms with Crippen molar-refractivity contribution in [2.45, 2.75) is 19.5 Å². The summed E-state index contributed by atoms with van der Waals surface area (Å²) >= 11 is 0. The molecule has 0 spiro atoms. The van der Waals surface area contributed by atoms with Crippen LogP contribution in [0.4, 0.5) is 0 Å². The third-order valence-electron chi connectivity index (χ3n) is 6.22. The molecule has 1 aliphatic heterocycles. The lowest BCUT2D eigenvalue weighted by molar-refractivity contribution is -0.122. The van der Waals surface area contributed by atoms with Crippen LogP contribution in [0.5, 0.6) is 0 Å². The Bertz CT molecular complexity index is 1550. The summed E-state index contributed by atoms with van der Waals surface area (Å²) in [5.74, 6) is -0.724. The topological polar surface area (TPSA) is 84.7 Å². The number of aromatic amines is 1. The predicted molar refractivity (Wildman–Crippen MR) is 127 cm³/mol. The Morgan fingerprint density at radius 2 is 1.61 bits per heavy atom. The SMILES string of the molecule is O=C1NC(=O)C(c2cn(CCCn3ccnc3)c3ccccc23)=C1c1c[nH]c2ccccc12. The summed E-state index contributed by atoms with van der Waals surface area (Å²) < 4.78 is 4.21. The molecule has 1 aliphatic rings. The fraction of sp³-hybridized carbons (Fsp3) is 0.115. The first-order chi connectivity index (χ1) is 16.2. The molecule has 3 aromatic heterocycles. The van der Waals surface area contributed by atoms with E-state index in [1.807, 2.05) is 71.9 Å². The standard InChI is InChI=1S/C26H21N5O2/c32-25-23(19-14-28-21-8-3-1-6-17(19)21)24(26(33)29-25)20-15-31(22-9-4-2-7-18(20)22)12-5-11-30-13-10-27-16-30/h1-4,6-10,13-16,28H,5,11-12H2,(H,29,32,33). The summed E-state index contributed by atoms with van der Waals surface area (Å²) in [5, 5.41) is 4.39. The van der Waals surface area contributed by atoms with E-state index in [-0.39, 0.29) is 11.8 Å². The number of benzene rings is 2. The number of hydrogen-bond donors (Lipinski definition) is 2. The van der Waals surface area contributed by atoms with E-state index in [0.29, 0.717) is 11.1 Å². The lowest BCUT2D eigenvalue weighted by Gasteiger charge is -2.06. The number of hydrogen-bond acceptors (Lipinski definition) is 3. The van der Waals surface area contributed by atoms with Gasteiger partial charge in [0.05, 0.1) is 17.5 Å². The van der Waals surface area contributed by atoms with E-state index < -0.39 is 0 Å². The summed E-state index contributed by atoms with van der Waals surface area (Å²) in [6.45, 7) is 1.63. The minimum absolute atomic E-state index is 0.360. The van der Waals surface area contributed by atoms with Crippen molar-refractivity contribution in [2.75, 3.05) is 0 Å². The molecule has 4 heterocycles. The van der Waals surface area contributed by atoms with Gasteiger partial charge in [0, 0.05) is 70.8 Å². The number of aryl methyl sites for hydroxylation is 2. The van der Waals surface area contributed by atoms with E-state index >= 15 is 0 Å². The molecular formula is C26H21N5O2. The molecule has 7 nitrogen and oxygen atoms in total. The number of nitrogens with one attached hydrogen (secondary N) is 2. The first-order valence-corrected chi connectivity index (χ1v) is 10.9. The quantitative estimate of drug-likeness (QED) is 0.396. The van der Waals surface area contributed by atoms with Crippen LogP contribution in [0.25, 0.3) is 33.0 Å². The summed E-state index contributed by atoms with van der Waals surface area (Å²) in [7, 11) is 0. The third kappa shape index (κ3) is 3.17. The molecule has 2 aromatic carbocycles. The molecule has 0 saturated carbocycles. The molecule has 0 atom stereocenters. The molecular weight excluding hydrogens is 414 g/mol. The summed E-state index contributed by atoms with van der Waals surface area (Å²) in [6, 6.07) is 15.8. The second kappa shape index (κ2) is 7.63. The van der Waals surface area contributed by atoms with Crippen LogP contribution < -0.4 is 5.32 Å². The summed E-state index contributed by atoms with van der Waals surface area (Å²) in [4.78, 5) is 33.3. The highest BCUT2D eigenvalue weighted by Gasteiger charge is 2.34. The molecule has 7 heteroatoms. The number of nitrogens with zero attached hydrogens (tertiary/aromatic N) is 3. The first kappa shape index (κ1) is 19.3. The molecule has 2 amide bonds. The number of carbonyl (C=O) groups is 2. The molecule has 0 aliphatic carbocycles. The fourth-order valence-corrected chi connectivity index (χ4v) is 4.72. The van der Waals surface area contributed by atoms with E-state index in [1.54, 1.807) is 6.20 Å². The van der Waals surface area contributed by atoms with Gasteiger partial charge in [-0.1, -0.05) is 36.4 Å². The van der Waals surface area contributed by atoms with E-state index in [0.717, 1.165) is 52.4 Å². The molecule has 2 N–H and O–H groups in total. The number of rotatable bonds is 6. The zero-order valence-corrected chi connectivity index (χ0v) is 17.8. The number of imide groups is 1. The molecule has 0 saturated heterocycles. The third-order valence-corrected chi connectivity index (χ3v) is 6.22. The normalized spacial score (nSPS) is 14.1. The largest absolute Gasteiger partial charge is 0.361 e. The van der Waals surface area contributed by atoms with Gasteiger partial charge in [0.25, 0.3) is 11.8 Å². The van der Waals surface area contributed by atoms with Crippen molar-refractivity contribution in [3.05, 3.63) is 90.8 Å². The second-order valence-electron chi connectivity index (χ2n) is 8.19. The second-order valence-corrected chi connectivity index (χ2v) is 8.19. The maximum atomic E-state index is 13.0. The van der Waals surface area contributed by atoms with Crippen molar-refractivity contribution in [1.29, 1.82) is 0 Å². The van der Waals surface area contributed by atoms with Gasteiger partial charge in [-0.15, -0.1) is 0 Å². The predicted octanol–water partition coefficient (Wildman–Crippen LogP) is 3.98. The van der Waals surface area contributed by atoms with Crippen molar-refractivity contribution in [3.8, 4) is 0 Å². The van der Waals surface area contributed by atoms with E-state index in [9.17, 15) is 9.59 Å². The van der Waals surface area contributed by atoms with Crippen molar-refractivity contribution in [1.82, 2.24) is 24.4 Å². The van der Waals surface area contributed by atoms with Crippen molar-refractivity contribution < 1.29 is 9.59 Å². The number of H-pyrrole nitrogens is 1. The Balaban J connectivity index is 1.48. The number of amides is 2. The average Bonchev–Trinajstić information content (AvgIpc) is 3.60. The van der Waals surface area contributed by atoms with Gasteiger partial charge in [-0.3, -0.25) is 14.9 Å². The Morgan fingerprint density at radius 3 is 2.42 bits per heavy atom. The highest BCUT2D eigenvalue weighted by atomic mass is 16.2. The number of para-hydroxylation sites is 2. The van der Waals surface area contributed by atoms with Crippen molar-refractivity contribution in [3.63, 3.8) is 0 Å². The molecule has 0 radical (unpaired) electrons. The fourth-order valence-electron chi connectivity index (χ4n) is 4.72. The van der Waals surface area contributed by atoms with Crippen molar-refractivity contribution in [2.24, 2.45) is 0 Å². The van der Waals surface area contributed by atoms with Gasteiger partial charge < -0.3 is 14.1 Å². The van der Waals surface area contributed by atoms with Crippen LogP contribution in [0.2, 0.25) is 0 Å². The number of imidazole rings is 1. The molecule has 0 unspecified atom stereocenters.